The van der Waals surface area contributed by atoms with Gasteiger partial charge < -0.3 is 14.4 Å². The third-order valence-electron chi connectivity index (χ3n) is 2.46. The zero-order valence-electron chi connectivity index (χ0n) is 9.23. The maximum Gasteiger partial charge on any atom is 0.213 e. The molecule has 1 aromatic rings. The summed E-state index contributed by atoms with van der Waals surface area (Å²) in [7, 11) is 2.08. The van der Waals surface area contributed by atoms with Crippen LogP contribution in [-0.2, 0) is 4.74 Å². The van der Waals surface area contributed by atoms with E-state index in [4.69, 9.17) is 21.1 Å². The van der Waals surface area contributed by atoms with Crippen LogP contribution in [0, 0.1) is 0 Å². The number of morpholine rings is 1. The normalized spacial score (nSPS) is 22.0. The quantitative estimate of drug-likeness (QED) is 0.804. The van der Waals surface area contributed by atoms with E-state index in [2.05, 4.69) is 16.9 Å². The van der Waals surface area contributed by atoms with Crippen molar-refractivity contribution < 1.29 is 9.47 Å². The second kappa shape index (κ2) is 5.48. The molecule has 0 aliphatic carbocycles. The molecule has 2 heterocycles. The summed E-state index contributed by atoms with van der Waals surface area (Å²) in [6.07, 6.45) is 1.70. The maximum atomic E-state index is 5.73. The highest BCUT2D eigenvalue weighted by Gasteiger charge is 2.18. The molecule has 1 aromatic heterocycles. The Labute approximate surface area is 100 Å². The topological polar surface area (TPSA) is 34.6 Å². The van der Waals surface area contributed by atoms with Gasteiger partial charge >= 0.3 is 0 Å². The number of nitrogens with zero attached hydrogens (tertiary/aromatic N) is 2. The third-order valence-corrected chi connectivity index (χ3v) is 2.68. The predicted molar refractivity (Wildman–Crippen MR) is 62.0 cm³/mol. The van der Waals surface area contributed by atoms with Gasteiger partial charge in [-0.2, -0.15) is 0 Å². The van der Waals surface area contributed by atoms with Crippen molar-refractivity contribution in [1.82, 2.24) is 9.88 Å². The summed E-state index contributed by atoms with van der Waals surface area (Å²) in [6.45, 7) is 3.17. The van der Waals surface area contributed by atoms with Gasteiger partial charge in [-0.15, -0.1) is 0 Å². The molecule has 0 amide bonds. The highest BCUT2D eigenvalue weighted by atomic mass is 35.5. The molecule has 88 valence electrons. The van der Waals surface area contributed by atoms with Crippen LogP contribution in [0.2, 0.25) is 5.02 Å². The van der Waals surface area contributed by atoms with Crippen molar-refractivity contribution in [2.24, 2.45) is 0 Å². The Morgan fingerprint density at radius 2 is 2.50 bits per heavy atom. The summed E-state index contributed by atoms with van der Waals surface area (Å²) in [5, 5.41) is 0.612. The maximum absolute atomic E-state index is 5.73. The summed E-state index contributed by atoms with van der Waals surface area (Å²) >= 11 is 5.73. The van der Waals surface area contributed by atoms with E-state index in [0.29, 0.717) is 17.5 Å². The van der Waals surface area contributed by atoms with E-state index in [1.807, 2.05) is 0 Å². The van der Waals surface area contributed by atoms with Crippen LogP contribution in [0.3, 0.4) is 0 Å². The number of rotatable bonds is 3. The smallest absolute Gasteiger partial charge is 0.213 e. The summed E-state index contributed by atoms with van der Waals surface area (Å²) < 4.78 is 11.1. The highest BCUT2D eigenvalue weighted by Crippen LogP contribution is 2.12. The van der Waals surface area contributed by atoms with Crippen LogP contribution in [0.1, 0.15) is 0 Å². The molecule has 0 aromatic carbocycles. The molecule has 2 rings (SSSR count). The number of likely N-dealkylation sites (N-methyl/N-ethyl adjacent to an activating group) is 1. The molecule has 0 radical (unpaired) electrons. The van der Waals surface area contributed by atoms with Crippen LogP contribution in [0.25, 0.3) is 0 Å². The average molecular weight is 243 g/mol. The first kappa shape index (κ1) is 11.6. The number of hydrogen-bond donors (Lipinski definition) is 0. The molecule has 0 spiro atoms. The van der Waals surface area contributed by atoms with Crippen molar-refractivity contribution in [2.45, 2.75) is 6.10 Å². The van der Waals surface area contributed by atoms with Crippen molar-refractivity contribution in [1.29, 1.82) is 0 Å². The van der Waals surface area contributed by atoms with E-state index in [1.54, 1.807) is 18.3 Å². The minimum absolute atomic E-state index is 0.122. The van der Waals surface area contributed by atoms with E-state index >= 15 is 0 Å². The Bertz CT molecular complexity index is 331. The lowest BCUT2D eigenvalue weighted by Gasteiger charge is -2.29. The Balaban J connectivity index is 1.80. The van der Waals surface area contributed by atoms with Gasteiger partial charge in [0, 0.05) is 25.4 Å². The molecule has 1 saturated heterocycles. The van der Waals surface area contributed by atoms with Crippen molar-refractivity contribution >= 4 is 11.6 Å². The monoisotopic (exact) mass is 242 g/mol. The van der Waals surface area contributed by atoms with Gasteiger partial charge in [0.25, 0.3) is 0 Å². The molecule has 1 atom stereocenters. The van der Waals surface area contributed by atoms with Gasteiger partial charge in [-0.25, -0.2) is 4.98 Å². The van der Waals surface area contributed by atoms with Crippen LogP contribution < -0.4 is 4.74 Å². The molecule has 1 aliphatic rings. The first-order chi connectivity index (χ1) is 7.74. The summed E-state index contributed by atoms with van der Waals surface area (Å²) in [5.74, 6) is 0.584. The van der Waals surface area contributed by atoms with Gasteiger partial charge in [0.05, 0.1) is 11.6 Å². The van der Waals surface area contributed by atoms with Gasteiger partial charge in [-0.05, 0) is 13.1 Å². The molecule has 0 saturated carbocycles. The Kier molecular flexibility index (Phi) is 3.98. The Hall–Kier alpha value is -0.840. The molecule has 0 N–H and O–H groups in total. The molecule has 1 fully saturated rings. The van der Waals surface area contributed by atoms with Gasteiger partial charge in [0.2, 0.25) is 5.88 Å². The van der Waals surface area contributed by atoms with Crippen molar-refractivity contribution in [2.75, 3.05) is 33.4 Å². The van der Waals surface area contributed by atoms with E-state index in [9.17, 15) is 0 Å². The van der Waals surface area contributed by atoms with Crippen LogP contribution in [0.5, 0.6) is 5.88 Å². The lowest BCUT2D eigenvalue weighted by atomic mass is 10.3. The summed E-state index contributed by atoms with van der Waals surface area (Å²) in [4.78, 5) is 6.29. The largest absolute Gasteiger partial charge is 0.475 e. The molecular formula is C11H15ClN2O2. The molecular weight excluding hydrogens is 228 g/mol. The second-order valence-electron chi connectivity index (χ2n) is 3.88. The highest BCUT2D eigenvalue weighted by molar-refractivity contribution is 6.30. The Morgan fingerprint density at radius 3 is 3.19 bits per heavy atom. The van der Waals surface area contributed by atoms with E-state index < -0.39 is 0 Å². The van der Waals surface area contributed by atoms with Crippen molar-refractivity contribution in [3.63, 3.8) is 0 Å². The standard InChI is InChI=1S/C11H15ClN2O2/c1-14-4-5-15-10(7-14)8-16-11-3-2-9(12)6-13-11/h2-3,6,10H,4-5,7-8H2,1H3. The first-order valence-corrected chi connectivity index (χ1v) is 5.66. The van der Waals surface area contributed by atoms with E-state index in [0.717, 1.165) is 19.7 Å². The zero-order valence-corrected chi connectivity index (χ0v) is 9.98. The predicted octanol–water partition coefficient (Wildman–Crippen LogP) is 1.44. The fourth-order valence-corrected chi connectivity index (χ4v) is 1.71. The molecule has 0 bridgehead atoms. The molecule has 16 heavy (non-hydrogen) atoms. The molecule has 4 nitrogen and oxygen atoms in total. The minimum atomic E-state index is 0.122. The Morgan fingerprint density at radius 1 is 1.62 bits per heavy atom. The minimum Gasteiger partial charge on any atom is -0.475 e. The fourth-order valence-electron chi connectivity index (χ4n) is 1.59. The number of halogens is 1. The zero-order chi connectivity index (χ0) is 11.4. The number of aromatic nitrogens is 1. The average Bonchev–Trinajstić information content (AvgIpc) is 2.28. The lowest BCUT2D eigenvalue weighted by molar-refractivity contribution is -0.0410. The molecule has 1 unspecified atom stereocenters. The number of ether oxygens (including phenoxy) is 2. The second-order valence-corrected chi connectivity index (χ2v) is 4.32. The van der Waals surface area contributed by atoms with Gasteiger partial charge in [-0.1, -0.05) is 11.6 Å². The van der Waals surface area contributed by atoms with Crippen LogP contribution in [0.4, 0.5) is 0 Å². The number of hydrogen-bond acceptors (Lipinski definition) is 4. The van der Waals surface area contributed by atoms with E-state index in [-0.39, 0.29) is 6.10 Å². The molecule has 5 heteroatoms. The van der Waals surface area contributed by atoms with Crippen molar-refractivity contribution in [3.05, 3.63) is 23.4 Å². The van der Waals surface area contributed by atoms with Crippen LogP contribution >= 0.6 is 11.6 Å². The third kappa shape index (κ3) is 3.33. The summed E-state index contributed by atoms with van der Waals surface area (Å²) in [6, 6.07) is 3.52. The first-order valence-electron chi connectivity index (χ1n) is 5.28. The van der Waals surface area contributed by atoms with Gasteiger partial charge in [-0.3, -0.25) is 0 Å². The lowest BCUT2D eigenvalue weighted by Crippen LogP contribution is -2.42. The van der Waals surface area contributed by atoms with Crippen LogP contribution in [-0.4, -0.2) is 49.3 Å². The van der Waals surface area contributed by atoms with Crippen LogP contribution in [0.15, 0.2) is 18.3 Å². The SMILES string of the molecule is CN1CCOC(COc2ccc(Cl)cn2)C1. The van der Waals surface area contributed by atoms with Gasteiger partial charge in [0.1, 0.15) is 12.7 Å². The summed E-state index contributed by atoms with van der Waals surface area (Å²) in [5.41, 5.74) is 0. The fraction of sp³-hybridized carbons (Fsp3) is 0.545. The molecule has 1 aliphatic heterocycles. The van der Waals surface area contributed by atoms with E-state index in [1.165, 1.54) is 0 Å². The number of pyridine rings is 1. The van der Waals surface area contributed by atoms with Gasteiger partial charge in [0.15, 0.2) is 0 Å². The van der Waals surface area contributed by atoms with Crippen molar-refractivity contribution in [3.8, 4) is 5.88 Å².